The minimum atomic E-state index is -1.08. The number of piperidine rings is 1. The first-order chi connectivity index (χ1) is 10.1. The minimum Gasteiger partial charge on any atom is -0.475 e. The fourth-order valence-corrected chi connectivity index (χ4v) is 3.19. The van der Waals surface area contributed by atoms with Gasteiger partial charge in [-0.05, 0) is 45.2 Å². The molecule has 0 bridgehead atoms. The van der Waals surface area contributed by atoms with Crippen LogP contribution in [0, 0.1) is 0 Å². The van der Waals surface area contributed by atoms with Crippen molar-refractivity contribution < 1.29 is 9.90 Å². The molecule has 2 aromatic rings. The van der Waals surface area contributed by atoms with Gasteiger partial charge in [-0.2, -0.15) is 0 Å². The molecule has 5 nitrogen and oxygen atoms in total. The highest BCUT2D eigenvalue weighted by atomic mass is 16.4. The highest BCUT2D eigenvalue weighted by Gasteiger charge is 2.28. The molecule has 0 aliphatic carbocycles. The molecule has 110 valence electrons. The molecule has 1 saturated heterocycles. The fourth-order valence-electron chi connectivity index (χ4n) is 3.19. The largest absolute Gasteiger partial charge is 0.475 e. The van der Waals surface area contributed by atoms with Gasteiger partial charge in [0.2, 0.25) is 5.82 Å². The lowest BCUT2D eigenvalue weighted by Crippen LogP contribution is -2.44. The maximum absolute atomic E-state index is 11.3. The van der Waals surface area contributed by atoms with Crippen molar-refractivity contribution in [3.63, 3.8) is 0 Å². The summed E-state index contributed by atoms with van der Waals surface area (Å²) in [7, 11) is 0. The third kappa shape index (κ3) is 2.44. The summed E-state index contributed by atoms with van der Waals surface area (Å²) in [6.07, 6.45) is 3.41. The van der Waals surface area contributed by atoms with Crippen molar-refractivity contribution in [2.75, 3.05) is 4.90 Å². The van der Waals surface area contributed by atoms with Gasteiger partial charge in [-0.1, -0.05) is 12.1 Å². The number of hydrogen-bond donors (Lipinski definition) is 1. The number of hydrogen-bond acceptors (Lipinski definition) is 4. The Kier molecular flexibility index (Phi) is 3.49. The van der Waals surface area contributed by atoms with Gasteiger partial charge in [0.05, 0.1) is 5.52 Å². The summed E-state index contributed by atoms with van der Waals surface area (Å²) in [6, 6.07) is 8.32. The van der Waals surface area contributed by atoms with Gasteiger partial charge < -0.3 is 10.0 Å². The van der Waals surface area contributed by atoms with Crippen LogP contribution in [-0.4, -0.2) is 33.1 Å². The molecule has 1 aromatic carbocycles. The number of rotatable bonds is 2. The van der Waals surface area contributed by atoms with E-state index in [0.29, 0.717) is 17.6 Å². The second-order valence-corrected chi connectivity index (χ2v) is 5.73. The van der Waals surface area contributed by atoms with Gasteiger partial charge in [0.15, 0.2) is 0 Å². The molecule has 3 rings (SSSR count). The van der Waals surface area contributed by atoms with Crippen molar-refractivity contribution in [1.29, 1.82) is 0 Å². The summed E-state index contributed by atoms with van der Waals surface area (Å²) in [5.74, 6) is -0.467. The number of anilines is 1. The molecule has 1 aliphatic rings. The van der Waals surface area contributed by atoms with E-state index in [9.17, 15) is 9.90 Å². The van der Waals surface area contributed by atoms with E-state index in [1.807, 2.05) is 24.3 Å². The number of carbonyl (C=O) groups is 1. The third-order valence-electron chi connectivity index (χ3n) is 4.21. The van der Waals surface area contributed by atoms with Gasteiger partial charge in [-0.3, -0.25) is 0 Å². The van der Waals surface area contributed by atoms with Crippen LogP contribution in [-0.2, 0) is 0 Å². The molecule has 1 N–H and O–H groups in total. The Labute approximate surface area is 123 Å². The lowest BCUT2D eigenvalue weighted by atomic mass is 9.97. The normalized spacial score (nSPS) is 22.5. The zero-order valence-corrected chi connectivity index (χ0v) is 12.3. The third-order valence-corrected chi connectivity index (χ3v) is 4.21. The minimum absolute atomic E-state index is 0.131. The van der Waals surface area contributed by atoms with Crippen LogP contribution in [0.1, 0.15) is 43.7 Å². The molecule has 1 aromatic heterocycles. The number of carboxylic acids is 1. The number of benzene rings is 1. The summed E-state index contributed by atoms with van der Waals surface area (Å²) in [6.45, 7) is 4.35. The monoisotopic (exact) mass is 285 g/mol. The Bertz CT molecular complexity index is 676. The molecule has 21 heavy (non-hydrogen) atoms. The molecule has 2 unspecified atom stereocenters. The number of nitrogens with zero attached hydrogens (tertiary/aromatic N) is 3. The highest BCUT2D eigenvalue weighted by molar-refractivity contribution is 5.94. The molecular formula is C16H19N3O2. The number of para-hydroxylation sites is 1. The number of carboxylic acid groups (broad SMARTS) is 1. The Hall–Kier alpha value is -2.17. The Balaban J connectivity index is 2.21. The number of fused-ring (bicyclic) bond motifs is 1. The topological polar surface area (TPSA) is 66.3 Å². The number of aromatic carboxylic acids is 1. The summed E-state index contributed by atoms with van der Waals surface area (Å²) < 4.78 is 0. The predicted octanol–water partition coefficient (Wildman–Crippen LogP) is 3.10. The average Bonchev–Trinajstić information content (AvgIpc) is 2.46. The molecular weight excluding hydrogens is 266 g/mol. The Morgan fingerprint density at radius 2 is 1.86 bits per heavy atom. The van der Waals surface area contributed by atoms with Crippen molar-refractivity contribution in [3.05, 3.63) is 30.1 Å². The van der Waals surface area contributed by atoms with Gasteiger partial charge in [-0.15, -0.1) is 0 Å². The molecule has 2 atom stereocenters. The zero-order chi connectivity index (χ0) is 15.0. The second-order valence-electron chi connectivity index (χ2n) is 5.73. The van der Waals surface area contributed by atoms with Gasteiger partial charge in [0, 0.05) is 17.5 Å². The predicted molar refractivity (Wildman–Crippen MR) is 81.8 cm³/mol. The van der Waals surface area contributed by atoms with E-state index in [2.05, 4.69) is 28.7 Å². The van der Waals surface area contributed by atoms with Gasteiger partial charge in [0.25, 0.3) is 0 Å². The highest BCUT2D eigenvalue weighted by Crippen LogP contribution is 2.32. The first-order valence-corrected chi connectivity index (χ1v) is 7.36. The molecule has 1 fully saturated rings. The second kappa shape index (κ2) is 5.31. The maximum atomic E-state index is 11.3. The molecule has 0 saturated carbocycles. The summed E-state index contributed by atoms with van der Waals surface area (Å²) >= 11 is 0. The van der Waals surface area contributed by atoms with Crippen molar-refractivity contribution in [1.82, 2.24) is 9.97 Å². The first-order valence-electron chi connectivity index (χ1n) is 7.36. The number of aromatic nitrogens is 2. The van der Waals surface area contributed by atoms with Crippen molar-refractivity contribution in [2.24, 2.45) is 0 Å². The average molecular weight is 285 g/mol. The summed E-state index contributed by atoms with van der Waals surface area (Å²) in [5.41, 5.74) is 0.685. The van der Waals surface area contributed by atoms with E-state index in [4.69, 9.17) is 0 Å². The van der Waals surface area contributed by atoms with Gasteiger partial charge in [-0.25, -0.2) is 14.8 Å². The fraction of sp³-hybridized carbons (Fsp3) is 0.438. The van der Waals surface area contributed by atoms with Crippen molar-refractivity contribution in [3.8, 4) is 0 Å². The van der Waals surface area contributed by atoms with E-state index >= 15 is 0 Å². The van der Waals surface area contributed by atoms with Gasteiger partial charge >= 0.3 is 5.97 Å². The smallest absolute Gasteiger partial charge is 0.374 e. The quantitative estimate of drug-likeness (QED) is 0.918. The molecule has 0 spiro atoms. The van der Waals surface area contributed by atoms with Crippen LogP contribution < -0.4 is 4.90 Å². The van der Waals surface area contributed by atoms with Crippen LogP contribution in [0.2, 0.25) is 0 Å². The van der Waals surface area contributed by atoms with Crippen LogP contribution in [0.25, 0.3) is 10.9 Å². The van der Waals surface area contributed by atoms with Crippen LogP contribution >= 0.6 is 0 Å². The van der Waals surface area contributed by atoms with Crippen LogP contribution in [0.4, 0.5) is 5.82 Å². The van der Waals surface area contributed by atoms with Crippen LogP contribution in [0.5, 0.6) is 0 Å². The standard InChI is InChI=1S/C16H19N3O2/c1-10-6-5-7-11(2)19(10)15-12-8-3-4-9-13(12)17-14(18-15)16(20)21/h3-4,8-11H,5-7H2,1-2H3,(H,20,21). The summed E-state index contributed by atoms with van der Waals surface area (Å²) in [5, 5.41) is 10.2. The molecule has 0 amide bonds. The van der Waals surface area contributed by atoms with Crippen LogP contribution in [0.15, 0.2) is 24.3 Å². The summed E-state index contributed by atoms with van der Waals surface area (Å²) in [4.78, 5) is 22.0. The van der Waals surface area contributed by atoms with E-state index in [1.165, 1.54) is 6.42 Å². The van der Waals surface area contributed by atoms with Crippen LogP contribution in [0.3, 0.4) is 0 Å². The van der Waals surface area contributed by atoms with E-state index < -0.39 is 5.97 Å². The van der Waals surface area contributed by atoms with E-state index in [1.54, 1.807) is 0 Å². The van der Waals surface area contributed by atoms with Crippen molar-refractivity contribution in [2.45, 2.75) is 45.2 Å². The SMILES string of the molecule is CC1CCCC(C)N1c1nc(C(=O)O)nc2ccccc12. The first kappa shape index (κ1) is 13.8. The zero-order valence-electron chi connectivity index (χ0n) is 12.3. The van der Waals surface area contributed by atoms with Crippen molar-refractivity contribution >= 4 is 22.7 Å². The molecule has 5 heteroatoms. The lowest BCUT2D eigenvalue weighted by Gasteiger charge is -2.40. The van der Waals surface area contributed by atoms with E-state index in [0.717, 1.165) is 24.0 Å². The molecule has 0 radical (unpaired) electrons. The van der Waals surface area contributed by atoms with E-state index in [-0.39, 0.29) is 5.82 Å². The molecule has 2 heterocycles. The maximum Gasteiger partial charge on any atom is 0.374 e. The Morgan fingerprint density at radius 3 is 2.52 bits per heavy atom. The van der Waals surface area contributed by atoms with Gasteiger partial charge in [0.1, 0.15) is 5.82 Å². The molecule has 1 aliphatic heterocycles. The lowest BCUT2D eigenvalue weighted by molar-refractivity contribution is 0.0684. The Morgan fingerprint density at radius 1 is 1.19 bits per heavy atom.